The molecular formula is C11H7Cl3N2O. The van der Waals surface area contributed by atoms with E-state index in [0.717, 1.165) is 0 Å². The van der Waals surface area contributed by atoms with E-state index in [2.05, 4.69) is 16.6 Å². The highest BCUT2D eigenvalue weighted by Gasteiger charge is 2.05. The molecular weight excluding hydrogens is 282 g/mol. The van der Waals surface area contributed by atoms with E-state index >= 15 is 0 Å². The molecule has 6 heteroatoms. The summed E-state index contributed by atoms with van der Waals surface area (Å²) >= 11 is 16.3. The van der Waals surface area contributed by atoms with Gasteiger partial charge in [-0.2, -0.15) is 0 Å². The highest BCUT2D eigenvalue weighted by atomic mass is 35.5. The van der Waals surface area contributed by atoms with Gasteiger partial charge in [0, 0.05) is 11.3 Å². The van der Waals surface area contributed by atoms with Gasteiger partial charge in [-0.25, -0.2) is 4.79 Å². The Labute approximate surface area is 114 Å². The van der Waals surface area contributed by atoms with Crippen molar-refractivity contribution in [2.75, 3.05) is 5.32 Å². The summed E-state index contributed by atoms with van der Waals surface area (Å²) in [6.07, 6.45) is 5.23. The highest BCUT2D eigenvalue weighted by Crippen LogP contribution is 2.15. The molecule has 2 amide bonds. The van der Waals surface area contributed by atoms with Crippen molar-refractivity contribution in [2.45, 2.75) is 0 Å². The van der Waals surface area contributed by atoms with Crippen molar-refractivity contribution in [3.8, 4) is 12.3 Å². The lowest BCUT2D eigenvalue weighted by molar-refractivity contribution is 0.255. The third-order valence-electron chi connectivity index (χ3n) is 1.68. The number of carbonyl (C=O) groups excluding carboxylic acids is 1. The summed E-state index contributed by atoms with van der Waals surface area (Å²) in [5.74, 6) is 2.45. The maximum absolute atomic E-state index is 11.4. The topological polar surface area (TPSA) is 41.1 Å². The maximum Gasteiger partial charge on any atom is 0.324 e. The summed E-state index contributed by atoms with van der Waals surface area (Å²) < 4.78 is -0.223. The first-order valence-corrected chi connectivity index (χ1v) is 5.52. The van der Waals surface area contributed by atoms with E-state index in [0.29, 0.717) is 11.3 Å². The van der Waals surface area contributed by atoms with Gasteiger partial charge in [0.05, 0.1) is 0 Å². The smallest absolute Gasteiger partial charge is 0.308 e. The van der Waals surface area contributed by atoms with E-state index in [1.807, 2.05) is 0 Å². The fourth-order valence-electron chi connectivity index (χ4n) is 0.996. The number of rotatable bonds is 2. The van der Waals surface area contributed by atoms with Gasteiger partial charge in [-0.1, -0.05) is 46.8 Å². The van der Waals surface area contributed by atoms with E-state index in [1.165, 1.54) is 0 Å². The van der Waals surface area contributed by atoms with E-state index in [4.69, 9.17) is 41.2 Å². The molecule has 17 heavy (non-hydrogen) atoms. The van der Waals surface area contributed by atoms with Crippen molar-refractivity contribution >= 4 is 46.5 Å². The van der Waals surface area contributed by atoms with E-state index in [-0.39, 0.29) is 9.65 Å². The lowest BCUT2D eigenvalue weighted by Crippen LogP contribution is -2.26. The summed E-state index contributed by atoms with van der Waals surface area (Å²) in [5, 5.41) is 4.61. The molecule has 0 atom stereocenters. The molecule has 0 fully saturated rings. The van der Waals surface area contributed by atoms with Crippen LogP contribution in [0.25, 0.3) is 0 Å². The number of hydrogen-bond acceptors (Lipinski definition) is 1. The van der Waals surface area contributed by atoms with Crippen LogP contribution in [0.4, 0.5) is 10.5 Å². The van der Waals surface area contributed by atoms with Gasteiger partial charge < -0.3 is 5.32 Å². The zero-order valence-electron chi connectivity index (χ0n) is 8.43. The second kappa shape index (κ2) is 6.41. The molecule has 0 aliphatic rings. The van der Waals surface area contributed by atoms with Crippen LogP contribution in [0.1, 0.15) is 5.56 Å². The SMILES string of the molecule is C#Cc1cccc(NC(=O)NC(Cl)=C(Cl)Cl)c1. The molecule has 0 aliphatic carbocycles. The average molecular weight is 290 g/mol. The average Bonchev–Trinajstić information content (AvgIpc) is 2.28. The second-order valence-electron chi connectivity index (χ2n) is 2.88. The van der Waals surface area contributed by atoms with E-state index in [9.17, 15) is 4.79 Å². The van der Waals surface area contributed by atoms with Gasteiger partial charge in [0.25, 0.3) is 0 Å². The summed E-state index contributed by atoms with van der Waals surface area (Å²) in [5.41, 5.74) is 1.19. The number of anilines is 1. The third kappa shape index (κ3) is 4.58. The number of benzene rings is 1. The lowest BCUT2D eigenvalue weighted by atomic mass is 10.2. The number of halogens is 3. The first-order valence-electron chi connectivity index (χ1n) is 4.38. The molecule has 0 unspecified atom stereocenters. The number of nitrogens with one attached hydrogen (secondary N) is 2. The van der Waals surface area contributed by atoms with Crippen LogP contribution < -0.4 is 10.6 Å². The van der Waals surface area contributed by atoms with Crippen molar-refractivity contribution in [2.24, 2.45) is 0 Å². The Balaban J connectivity index is 2.69. The monoisotopic (exact) mass is 288 g/mol. The number of carbonyl (C=O) groups is 1. The minimum Gasteiger partial charge on any atom is -0.308 e. The Morgan fingerprint density at radius 3 is 2.59 bits per heavy atom. The van der Waals surface area contributed by atoms with Gasteiger partial charge >= 0.3 is 6.03 Å². The van der Waals surface area contributed by atoms with Crippen LogP contribution in [0.3, 0.4) is 0 Å². The van der Waals surface area contributed by atoms with Crippen molar-refractivity contribution < 1.29 is 4.79 Å². The summed E-state index contributed by atoms with van der Waals surface area (Å²) in [6, 6.07) is 6.21. The van der Waals surface area contributed by atoms with Gasteiger partial charge in [0.1, 0.15) is 9.65 Å². The predicted molar refractivity (Wildman–Crippen MR) is 71.1 cm³/mol. The Bertz CT molecular complexity index is 502. The molecule has 0 bridgehead atoms. The molecule has 1 aromatic rings. The molecule has 1 aromatic carbocycles. The zero-order valence-corrected chi connectivity index (χ0v) is 10.7. The molecule has 1 rings (SSSR count). The highest BCUT2D eigenvalue weighted by molar-refractivity contribution is 6.59. The molecule has 0 saturated carbocycles. The summed E-state index contributed by atoms with van der Waals surface area (Å²) in [7, 11) is 0. The molecule has 0 saturated heterocycles. The van der Waals surface area contributed by atoms with Crippen LogP contribution in [-0.4, -0.2) is 6.03 Å². The first kappa shape index (κ1) is 13.7. The fraction of sp³-hybridized carbons (Fsp3) is 0. The maximum atomic E-state index is 11.4. The van der Waals surface area contributed by atoms with Gasteiger partial charge in [-0.3, -0.25) is 5.32 Å². The van der Waals surface area contributed by atoms with Crippen molar-refractivity contribution in [1.29, 1.82) is 0 Å². The summed E-state index contributed by atoms with van der Waals surface area (Å²) in [6.45, 7) is 0. The van der Waals surface area contributed by atoms with Crippen molar-refractivity contribution in [3.05, 3.63) is 39.5 Å². The van der Waals surface area contributed by atoms with Gasteiger partial charge in [0.2, 0.25) is 0 Å². The molecule has 0 heterocycles. The predicted octanol–water partition coefficient (Wildman–Crippen LogP) is 3.63. The van der Waals surface area contributed by atoms with Crippen molar-refractivity contribution in [3.63, 3.8) is 0 Å². The minimum absolute atomic E-state index is 0.154. The minimum atomic E-state index is -0.567. The number of terminal acetylenes is 1. The third-order valence-corrected chi connectivity index (χ3v) is 2.53. The largest absolute Gasteiger partial charge is 0.324 e. The Morgan fingerprint density at radius 2 is 2.00 bits per heavy atom. The van der Waals surface area contributed by atoms with E-state index in [1.54, 1.807) is 24.3 Å². The quantitative estimate of drug-likeness (QED) is 0.633. The lowest BCUT2D eigenvalue weighted by Gasteiger charge is -2.06. The normalized spacial score (nSPS) is 9.06. The van der Waals surface area contributed by atoms with E-state index < -0.39 is 6.03 Å². The van der Waals surface area contributed by atoms with Gasteiger partial charge in [0.15, 0.2) is 0 Å². The Hall–Kier alpha value is -1.34. The number of hydrogen-bond donors (Lipinski definition) is 2. The Kier molecular flexibility index (Phi) is 5.17. The van der Waals surface area contributed by atoms with Gasteiger partial charge in [-0.05, 0) is 18.2 Å². The molecule has 0 aliphatic heterocycles. The zero-order chi connectivity index (χ0) is 12.8. The molecule has 0 aromatic heterocycles. The van der Waals surface area contributed by atoms with Crippen LogP contribution >= 0.6 is 34.8 Å². The standard InChI is InChI=1S/C11H7Cl3N2O/c1-2-7-4-3-5-8(6-7)15-11(17)16-10(14)9(12)13/h1,3-6H,(H2,15,16,17). The number of urea groups is 1. The molecule has 0 spiro atoms. The molecule has 3 nitrogen and oxygen atoms in total. The fourth-order valence-corrected chi connectivity index (χ4v) is 1.18. The molecule has 88 valence electrons. The van der Waals surface area contributed by atoms with Crippen LogP contribution in [0.5, 0.6) is 0 Å². The first-order chi connectivity index (χ1) is 8.02. The molecule has 0 radical (unpaired) electrons. The Morgan fingerprint density at radius 1 is 1.29 bits per heavy atom. The van der Waals surface area contributed by atoms with Crippen LogP contribution in [0.2, 0.25) is 0 Å². The van der Waals surface area contributed by atoms with Crippen LogP contribution in [-0.2, 0) is 0 Å². The number of amides is 2. The summed E-state index contributed by atoms with van der Waals surface area (Å²) in [4.78, 5) is 11.4. The van der Waals surface area contributed by atoms with Gasteiger partial charge in [-0.15, -0.1) is 6.42 Å². The van der Waals surface area contributed by atoms with Crippen molar-refractivity contribution in [1.82, 2.24) is 5.32 Å². The van der Waals surface area contributed by atoms with Crippen LogP contribution in [0.15, 0.2) is 33.9 Å². The second-order valence-corrected chi connectivity index (χ2v) is 4.21. The van der Waals surface area contributed by atoms with Crippen LogP contribution in [0, 0.1) is 12.3 Å². The molecule has 2 N–H and O–H groups in total.